The first kappa shape index (κ1) is 19.4. The average Bonchev–Trinajstić information content (AvgIpc) is 3.12. The number of piperidine rings is 1. The van der Waals surface area contributed by atoms with Crippen LogP contribution in [0.1, 0.15) is 45.1 Å². The molecule has 134 valence electrons. The first-order chi connectivity index (χ1) is 11.7. The van der Waals surface area contributed by atoms with Gasteiger partial charge in [0.15, 0.2) is 0 Å². The maximum atomic E-state index is 12.7. The summed E-state index contributed by atoms with van der Waals surface area (Å²) in [6.07, 6.45) is 3.22. The Morgan fingerprint density at radius 1 is 1.20 bits per heavy atom. The number of hydrogen-bond acceptors (Lipinski definition) is 5. The second-order valence-corrected chi connectivity index (χ2v) is 6.63. The van der Waals surface area contributed by atoms with Gasteiger partial charge in [0.1, 0.15) is 10.7 Å². The molecule has 0 unspecified atom stereocenters. The van der Waals surface area contributed by atoms with Crippen LogP contribution in [-0.4, -0.2) is 34.8 Å². The summed E-state index contributed by atoms with van der Waals surface area (Å²) in [7, 11) is 0. The van der Waals surface area contributed by atoms with E-state index in [4.69, 9.17) is 5.73 Å². The molecule has 1 fully saturated rings. The van der Waals surface area contributed by atoms with Gasteiger partial charge < -0.3 is 16.0 Å². The molecule has 0 aliphatic carbocycles. The van der Waals surface area contributed by atoms with Crippen LogP contribution in [0.15, 0.2) is 29.6 Å². The Balaban J connectivity index is 0.00000225. The Hall–Kier alpha value is -1.96. The minimum absolute atomic E-state index is 0. The highest BCUT2D eigenvalue weighted by Crippen LogP contribution is 2.21. The summed E-state index contributed by atoms with van der Waals surface area (Å²) in [5, 5.41) is 5.18. The summed E-state index contributed by atoms with van der Waals surface area (Å²) in [4.78, 5) is 31.1. The van der Waals surface area contributed by atoms with Crippen molar-refractivity contribution in [3.63, 3.8) is 0 Å². The molecule has 1 aliphatic rings. The maximum Gasteiger partial charge on any atom is 0.275 e. The molecule has 6 nitrogen and oxygen atoms in total. The van der Waals surface area contributed by atoms with E-state index < -0.39 is 0 Å². The Kier molecular flexibility index (Phi) is 6.92. The predicted molar refractivity (Wildman–Crippen MR) is 101 cm³/mol. The van der Waals surface area contributed by atoms with Crippen molar-refractivity contribution in [2.75, 3.05) is 18.4 Å². The van der Waals surface area contributed by atoms with Crippen LogP contribution in [-0.2, 0) is 6.54 Å². The number of rotatable bonds is 4. The number of nitrogens with zero attached hydrogens (tertiary/aromatic N) is 2. The molecule has 1 saturated heterocycles. The van der Waals surface area contributed by atoms with Crippen molar-refractivity contribution in [1.29, 1.82) is 0 Å². The highest BCUT2D eigenvalue weighted by molar-refractivity contribution is 7.09. The second kappa shape index (κ2) is 8.94. The second-order valence-electron chi connectivity index (χ2n) is 5.68. The van der Waals surface area contributed by atoms with Crippen molar-refractivity contribution in [2.24, 2.45) is 5.73 Å². The molecule has 1 aromatic carbocycles. The number of aromatic nitrogens is 1. The van der Waals surface area contributed by atoms with Gasteiger partial charge in [-0.15, -0.1) is 23.7 Å². The summed E-state index contributed by atoms with van der Waals surface area (Å²) in [6, 6.07) is 7.10. The van der Waals surface area contributed by atoms with Gasteiger partial charge in [0.2, 0.25) is 0 Å². The van der Waals surface area contributed by atoms with Gasteiger partial charge in [-0.3, -0.25) is 9.59 Å². The van der Waals surface area contributed by atoms with Gasteiger partial charge in [-0.2, -0.15) is 0 Å². The molecule has 0 spiro atoms. The van der Waals surface area contributed by atoms with E-state index in [2.05, 4.69) is 10.3 Å². The highest BCUT2D eigenvalue weighted by atomic mass is 35.5. The van der Waals surface area contributed by atoms with E-state index in [0.29, 0.717) is 28.5 Å². The van der Waals surface area contributed by atoms with Crippen LogP contribution < -0.4 is 11.1 Å². The fourth-order valence-corrected chi connectivity index (χ4v) is 3.40. The van der Waals surface area contributed by atoms with E-state index in [0.717, 1.165) is 32.4 Å². The average molecular weight is 381 g/mol. The molecule has 2 amide bonds. The number of para-hydroxylation sites is 1. The van der Waals surface area contributed by atoms with E-state index in [9.17, 15) is 9.59 Å². The number of nitrogens with one attached hydrogen (secondary N) is 1. The first-order valence-electron chi connectivity index (χ1n) is 8.03. The number of amides is 2. The lowest BCUT2D eigenvalue weighted by Crippen LogP contribution is -2.36. The number of benzene rings is 1. The molecular formula is C17H21ClN4O2S. The Labute approximate surface area is 156 Å². The zero-order valence-corrected chi connectivity index (χ0v) is 15.4. The molecule has 1 aromatic heterocycles. The summed E-state index contributed by atoms with van der Waals surface area (Å²) >= 11 is 1.35. The Bertz CT molecular complexity index is 744. The molecule has 25 heavy (non-hydrogen) atoms. The molecule has 3 rings (SSSR count). The fourth-order valence-electron chi connectivity index (χ4n) is 2.74. The molecule has 0 radical (unpaired) electrons. The van der Waals surface area contributed by atoms with Gasteiger partial charge in [-0.25, -0.2) is 4.98 Å². The smallest absolute Gasteiger partial charge is 0.275 e. The van der Waals surface area contributed by atoms with Crippen molar-refractivity contribution in [3.05, 3.63) is 45.9 Å². The maximum absolute atomic E-state index is 12.7. The van der Waals surface area contributed by atoms with E-state index >= 15 is 0 Å². The third-order valence-electron chi connectivity index (χ3n) is 4.01. The third-order valence-corrected chi connectivity index (χ3v) is 4.88. The number of halogens is 1. The first-order valence-corrected chi connectivity index (χ1v) is 8.91. The summed E-state index contributed by atoms with van der Waals surface area (Å²) in [5.74, 6) is -0.364. The van der Waals surface area contributed by atoms with Crippen molar-refractivity contribution < 1.29 is 9.59 Å². The highest BCUT2D eigenvalue weighted by Gasteiger charge is 2.21. The van der Waals surface area contributed by atoms with Gasteiger partial charge in [-0.05, 0) is 31.4 Å². The number of hydrogen-bond donors (Lipinski definition) is 2. The van der Waals surface area contributed by atoms with E-state index in [1.165, 1.54) is 11.3 Å². The SMILES string of the molecule is Cl.NCc1nc(C(=O)Nc2ccccc2C(=O)N2CCCCC2)cs1. The molecule has 0 saturated carbocycles. The molecule has 2 aromatic rings. The van der Waals surface area contributed by atoms with Crippen LogP contribution in [0.3, 0.4) is 0 Å². The van der Waals surface area contributed by atoms with Gasteiger partial charge in [0, 0.05) is 25.0 Å². The fraction of sp³-hybridized carbons (Fsp3) is 0.353. The van der Waals surface area contributed by atoms with Crippen LogP contribution in [0, 0.1) is 0 Å². The van der Waals surface area contributed by atoms with Gasteiger partial charge in [0.25, 0.3) is 11.8 Å². The van der Waals surface area contributed by atoms with Crippen molar-refractivity contribution in [3.8, 4) is 0 Å². The Morgan fingerprint density at radius 3 is 2.60 bits per heavy atom. The van der Waals surface area contributed by atoms with E-state index in [1.807, 2.05) is 11.0 Å². The van der Waals surface area contributed by atoms with E-state index in [-0.39, 0.29) is 24.2 Å². The zero-order chi connectivity index (χ0) is 16.9. The quantitative estimate of drug-likeness (QED) is 0.853. The largest absolute Gasteiger partial charge is 0.339 e. The summed E-state index contributed by atoms with van der Waals surface area (Å²) in [6.45, 7) is 1.85. The molecule has 8 heteroatoms. The number of nitrogens with two attached hydrogens (primary N) is 1. The van der Waals surface area contributed by atoms with Gasteiger partial charge in [0.05, 0.1) is 11.3 Å². The van der Waals surface area contributed by atoms with Gasteiger partial charge in [-0.1, -0.05) is 12.1 Å². The molecule has 3 N–H and O–H groups in total. The van der Waals surface area contributed by atoms with Gasteiger partial charge >= 0.3 is 0 Å². The van der Waals surface area contributed by atoms with Crippen LogP contribution in [0.25, 0.3) is 0 Å². The number of likely N-dealkylation sites (tertiary alicyclic amines) is 1. The lowest BCUT2D eigenvalue weighted by molar-refractivity contribution is 0.0725. The number of carbonyl (C=O) groups is 2. The number of anilines is 1. The van der Waals surface area contributed by atoms with Crippen LogP contribution >= 0.6 is 23.7 Å². The number of carbonyl (C=O) groups excluding carboxylic acids is 2. The Morgan fingerprint density at radius 2 is 1.92 bits per heavy atom. The lowest BCUT2D eigenvalue weighted by Gasteiger charge is -2.27. The minimum Gasteiger partial charge on any atom is -0.339 e. The molecule has 0 atom stereocenters. The standard InChI is InChI=1S/C17H20N4O2S.ClH/c18-10-15-19-14(11-24-15)16(22)20-13-7-3-2-6-12(13)17(23)21-8-4-1-5-9-21;/h2-3,6-7,11H,1,4-5,8-10,18H2,(H,20,22);1H. The molecule has 2 heterocycles. The van der Waals surface area contributed by atoms with Crippen LogP contribution in [0.4, 0.5) is 5.69 Å². The lowest BCUT2D eigenvalue weighted by atomic mass is 10.1. The third kappa shape index (κ3) is 4.56. The summed E-state index contributed by atoms with van der Waals surface area (Å²) in [5.41, 5.74) is 6.88. The van der Waals surface area contributed by atoms with Crippen molar-refractivity contribution >= 4 is 41.2 Å². The van der Waals surface area contributed by atoms with Crippen LogP contribution in [0.2, 0.25) is 0 Å². The van der Waals surface area contributed by atoms with Crippen molar-refractivity contribution in [2.45, 2.75) is 25.8 Å². The number of thiazole rings is 1. The predicted octanol–water partition coefficient (Wildman–Crippen LogP) is 2.90. The topological polar surface area (TPSA) is 88.3 Å². The van der Waals surface area contributed by atoms with E-state index in [1.54, 1.807) is 23.6 Å². The molecular weight excluding hydrogens is 360 g/mol. The zero-order valence-electron chi connectivity index (χ0n) is 13.7. The molecule has 0 bridgehead atoms. The van der Waals surface area contributed by atoms with Crippen molar-refractivity contribution in [1.82, 2.24) is 9.88 Å². The normalized spacial score (nSPS) is 13.9. The minimum atomic E-state index is -0.329. The van der Waals surface area contributed by atoms with Crippen LogP contribution in [0.5, 0.6) is 0 Å². The molecule has 1 aliphatic heterocycles. The monoisotopic (exact) mass is 380 g/mol. The summed E-state index contributed by atoms with van der Waals surface area (Å²) < 4.78 is 0.